The molecule has 1 aromatic heterocycles. The molecule has 0 saturated carbocycles. The van der Waals surface area contributed by atoms with Crippen LogP contribution < -0.4 is 0 Å². The lowest BCUT2D eigenvalue weighted by atomic mass is 9.86. The fourth-order valence-corrected chi connectivity index (χ4v) is 2.04. The number of nitrogens with zero attached hydrogens (tertiary/aromatic N) is 1. The van der Waals surface area contributed by atoms with Crippen molar-refractivity contribution in [1.82, 2.24) is 4.98 Å². The van der Waals surface area contributed by atoms with E-state index in [1.54, 1.807) is 6.07 Å². The molecule has 0 aliphatic rings. The lowest BCUT2D eigenvalue weighted by Crippen LogP contribution is -2.10. The Kier molecular flexibility index (Phi) is 3.82. The zero-order valence-electron chi connectivity index (χ0n) is 12.3. The zero-order valence-corrected chi connectivity index (χ0v) is 12.3. The molecule has 0 bridgehead atoms. The number of pyridine rings is 1. The first-order valence-electron chi connectivity index (χ1n) is 6.65. The van der Waals surface area contributed by atoms with Gasteiger partial charge in [-0.05, 0) is 29.0 Å². The summed E-state index contributed by atoms with van der Waals surface area (Å²) in [6, 6.07) is 11.2. The third-order valence-corrected chi connectivity index (χ3v) is 3.31. The number of carbonyl (C=O) groups is 1. The molecular formula is C18H17NO2. The van der Waals surface area contributed by atoms with Gasteiger partial charge in [-0.3, -0.25) is 0 Å². The normalized spacial score (nSPS) is 11.0. The van der Waals surface area contributed by atoms with Crippen molar-refractivity contribution in [3.63, 3.8) is 0 Å². The van der Waals surface area contributed by atoms with Crippen LogP contribution in [0.25, 0.3) is 11.3 Å². The Morgan fingerprint density at radius 2 is 1.76 bits per heavy atom. The second-order valence-electron chi connectivity index (χ2n) is 5.87. The summed E-state index contributed by atoms with van der Waals surface area (Å²) in [6.07, 6.45) is 5.34. The number of carboxylic acid groups (broad SMARTS) is 1. The van der Waals surface area contributed by atoms with E-state index in [1.165, 1.54) is 11.6 Å². The smallest absolute Gasteiger partial charge is 0.338 e. The minimum Gasteiger partial charge on any atom is -0.478 e. The van der Waals surface area contributed by atoms with Gasteiger partial charge in [0.15, 0.2) is 0 Å². The monoisotopic (exact) mass is 279 g/mol. The van der Waals surface area contributed by atoms with Crippen LogP contribution in [0.15, 0.2) is 36.4 Å². The van der Waals surface area contributed by atoms with Crippen LogP contribution in [0, 0.1) is 12.3 Å². The van der Waals surface area contributed by atoms with Crippen molar-refractivity contribution in [2.75, 3.05) is 0 Å². The molecule has 1 N–H and O–H groups in total. The summed E-state index contributed by atoms with van der Waals surface area (Å²) in [5, 5.41) is 9.05. The Hall–Kier alpha value is -2.60. The second-order valence-corrected chi connectivity index (χ2v) is 5.87. The molecule has 0 aliphatic heterocycles. The number of hydrogen-bond donors (Lipinski definition) is 1. The summed E-state index contributed by atoms with van der Waals surface area (Å²) in [5.74, 6) is 1.27. The van der Waals surface area contributed by atoms with Crippen LogP contribution in [0.3, 0.4) is 0 Å². The molecule has 2 aromatic rings. The number of aromatic nitrogens is 1. The lowest BCUT2D eigenvalue weighted by Gasteiger charge is -2.19. The first-order valence-corrected chi connectivity index (χ1v) is 6.65. The van der Waals surface area contributed by atoms with Crippen molar-refractivity contribution in [2.24, 2.45) is 0 Å². The third kappa shape index (κ3) is 3.11. The predicted octanol–water partition coefficient (Wildman–Crippen LogP) is 3.73. The van der Waals surface area contributed by atoms with Crippen molar-refractivity contribution < 1.29 is 9.90 Å². The molecule has 0 amide bonds. The molecule has 0 saturated heterocycles. The average molecular weight is 279 g/mol. The molecule has 3 nitrogen and oxygen atoms in total. The Morgan fingerprint density at radius 1 is 1.14 bits per heavy atom. The lowest BCUT2D eigenvalue weighted by molar-refractivity contribution is 0.0696. The van der Waals surface area contributed by atoms with E-state index < -0.39 is 5.97 Å². The van der Waals surface area contributed by atoms with E-state index in [4.69, 9.17) is 11.5 Å². The van der Waals surface area contributed by atoms with E-state index in [1.807, 2.05) is 12.1 Å². The number of hydrogen-bond acceptors (Lipinski definition) is 2. The molecule has 1 aromatic carbocycles. The van der Waals surface area contributed by atoms with Gasteiger partial charge in [-0.2, -0.15) is 0 Å². The topological polar surface area (TPSA) is 50.2 Å². The van der Waals surface area contributed by atoms with Gasteiger partial charge in [-0.1, -0.05) is 45.0 Å². The van der Waals surface area contributed by atoms with E-state index in [0.717, 1.165) is 5.56 Å². The second kappa shape index (κ2) is 5.41. The van der Waals surface area contributed by atoms with Crippen LogP contribution in [0.1, 0.15) is 42.4 Å². The largest absolute Gasteiger partial charge is 0.478 e. The zero-order chi connectivity index (χ0) is 15.6. The summed E-state index contributed by atoms with van der Waals surface area (Å²) in [4.78, 5) is 15.3. The molecule has 0 spiro atoms. The maximum Gasteiger partial charge on any atom is 0.338 e. The van der Waals surface area contributed by atoms with Crippen molar-refractivity contribution in [2.45, 2.75) is 26.2 Å². The van der Waals surface area contributed by atoms with E-state index >= 15 is 0 Å². The van der Waals surface area contributed by atoms with Gasteiger partial charge >= 0.3 is 5.97 Å². The Bertz CT molecular complexity index is 716. The van der Waals surface area contributed by atoms with Crippen LogP contribution in [-0.2, 0) is 5.41 Å². The number of rotatable bonds is 2. The first kappa shape index (κ1) is 14.8. The maximum atomic E-state index is 11.0. The predicted molar refractivity (Wildman–Crippen MR) is 83.3 cm³/mol. The molecule has 0 radical (unpaired) electrons. The minimum atomic E-state index is -1.06. The highest BCUT2D eigenvalue weighted by atomic mass is 16.4. The number of terminal acetylenes is 1. The fraction of sp³-hybridized carbons (Fsp3) is 0.222. The fourth-order valence-electron chi connectivity index (χ4n) is 2.04. The van der Waals surface area contributed by atoms with Crippen molar-refractivity contribution >= 4 is 5.97 Å². The van der Waals surface area contributed by atoms with Gasteiger partial charge in [0.1, 0.15) is 5.69 Å². The summed E-state index contributed by atoms with van der Waals surface area (Å²) in [6.45, 7) is 6.45. The van der Waals surface area contributed by atoms with Crippen molar-refractivity contribution in [3.05, 3.63) is 53.2 Å². The Labute approximate surface area is 124 Å². The summed E-state index contributed by atoms with van der Waals surface area (Å²) < 4.78 is 0. The van der Waals surface area contributed by atoms with Gasteiger partial charge in [0, 0.05) is 5.56 Å². The molecule has 106 valence electrons. The molecule has 3 heteroatoms. The number of benzene rings is 1. The molecule has 0 atom stereocenters. The first-order chi connectivity index (χ1) is 9.82. The van der Waals surface area contributed by atoms with E-state index in [9.17, 15) is 4.79 Å². The van der Waals surface area contributed by atoms with Gasteiger partial charge in [0.05, 0.1) is 11.3 Å². The minimum absolute atomic E-state index is 0.0487. The molecule has 1 heterocycles. The maximum absolute atomic E-state index is 11.0. The van der Waals surface area contributed by atoms with Gasteiger partial charge < -0.3 is 5.11 Å². The summed E-state index contributed by atoms with van der Waals surface area (Å²) >= 11 is 0. The van der Waals surface area contributed by atoms with Crippen LogP contribution in [0.4, 0.5) is 0 Å². The summed E-state index contributed by atoms with van der Waals surface area (Å²) in [7, 11) is 0. The molecule has 0 unspecified atom stereocenters. The average Bonchev–Trinajstić information content (AvgIpc) is 2.45. The van der Waals surface area contributed by atoms with E-state index in [-0.39, 0.29) is 16.7 Å². The van der Waals surface area contributed by atoms with E-state index in [2.05, 4.69) is 43.8 Å². The highest BCUT2D eigenvalue weighted by molar-refractivity contribution is 5.90. The molecule has 21 heavy (non-hydrogen) atoms. The van der Waals surface area contributed by atoms with Crippen LogP contribution in [-0.4, -0.2) is 16.1 Å². The Morgan fingerprint density at radius 3 is 2.24 bits per heavy atom. The number of aromatic carboxylic acids is 1. The van der Waals surface area contributed by atoms with Crippen LogP contribution >= 0.6 is 0 Å². The highest BCUT2D eigenvalue weighted by Gasteiger charge is 2.14. The van der Waals surface area contributed by atoms with Crippen LogP contribution in [0.5, 0.6) is 0 Å². The SMILES string of the molecule is C#Cc1nc(-c2ccc(C(C)(C)C)cc2)ccc1C(=O)O. The quantitative estimate of drug-likeness (QED) is 0.852. The van der Waals surface area contributed by atoms with Gasteiger partial charge in [0.2, 0.25) is 0 Å². The highest BCUT2D eigenvalue weighted by Crippen LogP contribution is 2.25. The summed E-state index contributed by atoms with van der Waals surface area (Å²) in [5.41, 5.74) is 3.10. The van der Waals surface area contributed by atoms with Crippen LogP contribution in [0.2, 0.25) is 0 Å². The van der Waals surface area contributed by atoms with Crippen molar-refractivity contribution in [3.8, 4) is 23.6 Å². The van der Waals surface area contributed by atoms with Gasteiger partial charge in [0.25, 0.3) is 0 Å². The third-order valence-electron chi connectivity index (χ3n) is 3.31. The molecule has 0 aliphatic carbocycles. The number of carboxylic acids is 1. The molecular weight excluding hydrogens is 262 g/mol. The van der Waals surface area contributed by atoms with Gasteiger partial charge in [-0.25, -0.2) is 9.78 Å². The molecule has 0 fully saturated rings. The van der Waals surface area contributed by atoms with Gasteiger partial charge in [-0.15, -0.1) is 6.42 Å². The van der Waals surface area contributed by atoms with Crippen molar-refractivity contribution in [1.29, 1.82) is 0 Å². The standard InChI is InChI=1S/C18H17NO2/c1-5-15-14(17(20)21)10-11-16(19-15)12-6-8-13(9-7-12)18(2,3)4/h1,6-11H,2-4H3,(H,20,21). The molecule has 2 rings (SSSR count). The van der Waals surface area contributed by atoms with E-state index in [0.29, 0.717) is 5.69 Å². The Balaban J connectivity index is 2.44.